The topological polar surface area (TPSA) is 77.4 Å². The quantitative estimate of drug-likeness (QED) is 0.200. The van der Waals surface area contributed by atoms with Gasteiger partial charge in [0.15, 0.2) is 0 Å². The van der Waals surface area contributed by atoms with Crippen molar-refractivity contribution in [2.75, 3.05) is 0 Å². The van der Waals surface area contributed by atoms with Crippen LogP contribution in [0.5, 0.6) is 0 Å². The number of rotatable bonds is 19. The molecule has 0 radical (unpaired) electrons. The zero-order chi connectivity index (χ0) is 19.7. The van der Waals surface area contributed by atoms with E-state index in [0.29, 0.717) is 6.42 Å². The monoisotopic (exact) mass is 414 g/mol. The number of aliphatic hydroxyl groups excluding tert-OH is 1. The van der Waals surface area contributed by atoms with Crippen LogP contribution in [0, 0.1) is 0 Å². The third-order valence-corrected chi connectivity index (χ3v) is 6.50. The first kappa shape index (κ1) is 30.1. The summed E-state index contributed by atoms with van der Waals surface area (Å²) in [6.45, 7) is 3.74. The van der Waals surface area contributed by atoms with Gasteiger partial charge in [0, 0.05) is 5.25 Å². The van der Waals surface area contributed by atoms with E-state index >= 15 is 0 Å². The summed E-state index contributed by atoms with van der Waals surface area (Å²) < 4.78 is 32.4. The van der Waals surface area contributed by atoms with Gasteiger partial charge in [-0.2, -0.15) is 0 Å². The summed E-state index contributed by atoms with van der Waals surface area (Å²) in [5, 5.41) is 9.26. The molecule has 0 saturated carbocycles. The zero-order valence-electron chi connectivity index (χ0n) is 18.3. The largest absolute Gasteiger partial charge is 1.00 e. The molecule has 2 unspecified atom stereocenters. The molecule has 0 aliphatic carbocycles. The van der Waals surface area contributed by atoms with Crippen LogP contribution >= 0.6 is 0 Å². The Bertz CT molecular complexity index is 401. The maximum absolute atomic E-state index is 10.8. The van der Waals surface area contributed by atoms with Crippen molar-refractivity contribution >= 4 is 10.1 Å². The first-order valence-electron chi connectivity index (χ1n) is 11.0. The van der Waals surface area contributed by atoms with E-state index in [2.05, 4.69) is 6.92 Å². The molecule has 1 N–H and O–H groups in total. The van der Waals surface area contributed by atoms with Crippen LogP contribution in [0.2, 0.25) is 0 Å². The van der Waals surface area contributed by atoms with Crippen LogP contribution in [-0.2, 0) is 10.1 Å². The molecule has 0 aromatic rings. The van der Waals surface area contributed by atoms with Crippen molar-refractivity contribution in [1.82, 2.24) is 0 Å². The van der Waals surface area contributed by atoms with Gasteiger partial charge in [0.05, 0.1) is 16.2 Å². The van der Waals surface area contributed by atoms with Crippen LogP contribution < -0.4 is 29.6 Å². The Morgan fingerprint density at radius 2 is 1.04 bits per heavy atom. The van der Waals surface area contributed by atoms with Gasteiger partial charge in [-0.05, 0) is 26.2 Å². The molecule has 0 aromatic heterocycles. The first-order chi connectivity index (χ1) is 12.4. The van der Waals surface area contributed by atoms with Crippen molar-refractivity contribution < 1.29 is 47.6 Å². The van der Waals surface area contributed by atoms with Gasteiger partial charge >= 0.3 is 29.6 Å². The average molecular weight is 415 g/mol. The summed E-state index contributed by atoms with van der Waals surface area (Å²) in [6.07, 6.45) is 18.8. The second-order valence-corrected chi connectivity index (χ2v) is 9.71. The van der Waals surface area contributed by atoms with Gasteiger partial charge in [0.25, 0.3) is 0 Å². The molecule has 0 spiro atoms. The van der Waals surface area contributed by atoms with Gasteiger partial charge < -0.3 is 9.66 Å². The SMILES string of the molecule is CCCCCCCCCC(O)CCCCCCCCCC(C)S(=O)(=O)[O-].[Na+]. The summed E-state index contributed by atoms with van der Waals surface area (Å²) in [7, 11) is -4.10. The van der Waals surface area contributed by atoms with Gasteiger partial charge in [0.2, 0.25) is 0 Å². The van der Waals surface area contributed by atoms with Crippen molar-refractivity contribution in [1.29, 1.82) is 0 Å². The Balaban J connectivity index is 0. The molecule has 0 aromatic carbocycles. The maximum Gasteiger partial charge on any atom is 1.00 e. The molecular weight excluding hydrogens is 371 g/mol. The van der Waals surface area contributed by atoms with E-state index in [1.807, 2.05) is 0 Å². The van der Waals surface area contributed by atoms with Gasteiger partial charge in [-0.25, -0.2) is 8.42 Å². The zero-order valence-corrected chi connectivity index (χ0v) is 21.1. The fraction of sp³-hybridized carbons (Fsp3) is 1.00. The molecule has 0 bridgehead atoms. The Morgan fingerprint density at radius 3 is 1.41 bits per heavy atom. The van der Waals surface area contributed by atoms with Crippen molar-refractivity contribution in [3.63, 3.8) is 0 Å². The molecule has 158 valence electrons. The molecule has 0 fully saturated rings. The van der Waals surface area contributed by atoms with Crippen LogP contribution in [-0.4, -0.2) is 29.4 Å². The fourth-order valence-electron chi connectivity index (χ4n) is 3.32. The number of hydrogen-bond donors (Lipinski definition) is 1. The van der Waals surface area contributed by atoms with Crippen molar-refractivity contribution in [2.45, 2.75) is 134 Å². The molecular formula is C21H43NaO4S. The van der Waals surface area contributed by atoms with Crippen molar-refractivity contribution in [3.8, 4) is 0 Å². The van der Waals surface area contributed by atoms with Crippen molar-refractivity contribution in [3.05, 3.63) is 0 Å². The minimum atomic E-state index is -4.10. The minimum absolute atomic E-state index is 0. The van der Waals surface area contributed by atoms with Crippen LogP contribution in [0.3, 0.4) is 0 Å². The number of aliphatic hydroxyl groups is 1. The van der Waals surface area contributed by atoms with E-state index in [1.54, 1.807) is 0 Å². The summed E-state index contributed by atoms with van der Waals surface area (Å²) in [4.78, 5) is 0. The fourth-order valence-corrected chi connectivity index (χ4v) is 3.78. The van der Waals surface area contributed by atoms with E-state index in [-0.39, 0.29) is 35.7 Å². The molecule has 2 atom stereocenters. The van der Waals surface area contributed by atoms with Gasteiger partial charge in [-0.1, -0.05) is 96.8 Å². The number of hydrogen-bond acceptors (Lipinski definition) is 4. The number of unbranched alkanes of at least 4 members (excludes halogenated alkanes) is 12. The molecule has 27 heavy (non-hydrogen) atoms. The molecule has 4 nitrogen and oxygen atoms in total. The third-order valence-electron chi connectivity index (χ3n) is 5.28. The van der Waals surface area contributed by atoms with Crippen LogP contribution in [0.25, 0.3) is 0 Å². The molecule has 6 heteroatoms. The Kier molecular flexibility index (Phi) is 22.4. The Morgan fingerprint density at radius 1 is 0.704 bits per heavy atom. The maximum atomic E-state index is 10.8. The molecule has 0 heterocycles. The van der Waals surface area contributed by atoms with Crippen LogP contribution in [0.1, 0.15) is 123 Å². The molecule has 0 aliphatic rings. The van der Waals surface area contributed by atoms with E-state index in [0.717, 1.165) is 51.4 Å². The standard InChI is InChI=1S/C21H44O4S.Na/c1-3-4-5-6-8-12-15-18-21(22)19-16-13-10-7-9-11-14-17-20(2)26(23,24)25;/h20-22H,3-19H2,1-2H3,(H,23,24,25);/q;+1/p-1. The van der Waals surface area contributed by atoms with Gasteiger partial charge in [-0.3, -0.25) is 0 Å². The van der Waals surface area contributed by atoms with E-state index in [9.17, 15) is 18.1 Å². The summed E-state index contributed by atoms with van der Waals surface area (Å²) in [5.41, 5.74) is 0. The minimum Gasteiger partial charge on any atom is -0.748 e. The van der Waals surface area contributed by atoms with Crippen molar-refractivity contribution in [2.24, 2.45) is 0 Å². The normalized spacial score (nSPS) is 13.9. The smallest absolute Gasteiger partial charge is 0.748 e. The Hall–Kier alpha value is 0.870. The molecule has 0 rings (SSSR count). The summed E-state index contributed by atoms with van der Waals surface area (Å²) >= 11 is 0. The van der Waals surface area contributed by atoms with Gasteiger partial charge in [0.1, 0.15) is 0 Å². The van der Waals surface area contributed by atoms with Crippen LogP contribution in [0.15, 0.2) is 0 Å². The van der Waals surface area contributed by atoms with Gasteiger partial charge in [-0.15, -0.1) is 0 Å². The second-order valence-electron chi connectivity index (χ2n) is 7.92. The Labute approximate surface area is 191 Å². The van der Waals surface area contributed by atoms with E-state index in [4.69, 9.17) is 0 Å². The molecule has 0 saturated heterocycles. The predicted octanol–water partition coefficient (Wildman–Crippen LogP) is 2.94. The van der Waals surface area contributed by atoms with E-state index < -0.39 is 15.4 Å². The molecule has 0 aliphatic heterocycles. The van der Waals surface area contributed by atoms with E-state index in [1.165, 1.54) is 58.3 Å². The average Bonchev–Trinajstić information content (AvgIpc) is 2.58. The predicted molar refractivity (Wildman–Crippen MR) is 109 cm³/mol. The second kappa shape index (κ2) is 20.2. The third kappa shape index (κ3) is 21.4. The molecule has 0 amide bonds. The summed E-state index contributed by atoms with van der Waals surface area (Å²) in [6, 6.07) is 0. The first-order valence-corrected chi connectivity index (χ1v) is 12.5. The van der Waals surface area contributed by atoms with Crippen LogP contribution in [0.4, 0.5) is 0 Å². The summed E-state index contributed by atoms with van der Waals surface area (Å²) in [5.74, 6) is 0.